The molecule has 0 aliphatic carbocycles. The average molecular weight is 393 g/mol. The van der Waals surface area contributed by atoms with Gasteiger partial charge in [0.2, 0.25) is 0 Å². The molecule has 10 heteroatoms. The zero-order valence-corrected chi connectivity index (χ0v) is 15.0. The fourth-order valence-corrected chi connectivity index (χ4v) is 4.80. The molecule has 0 amide bonds. The van der Waals surface area contributed by atoms with Gasteiger partial charge in [0.1, 0.15) is 0 Å². The molecule has 1 aliphatic rings. The number of anilines is 1. The standard InChI is InChI=1S/C15H18F3N3O2S2/c16-15(17,18)11-2-3-13-12(10-11)20-14(24-13)19-4-1-5-21-6-8-25(22,23)9-7-21/h2-3,10H,1,4-9H2,(H,19,20). The number of sulfone groups is 1. The van der Waals surface area contributed by atoms with Crippen molar-refractivity contribution in [3.63, 3.8) is 0 Å². The summed E-state index contributed by atoms with van der Waals surface area (Å²) in [5.41, 5.74) is -0.361. The van der Waals surface area contributed by atoms with Crippen molar-refractivity contribution in [2.24, 2.45) is 0 Å². The molecule has 3 rings (SSSR count). The van der Waals surface area contributed by atoms with Crippen molar-refractivity contribution in [1.82, 2.24) is 9.88 Å². The summed E-state index contributed by atoms with van der Waals surface area (Å²) in [5, 5.41) is 3.72. The van der Waals surface area contributed by atoms with Crippen molar-refractivity contribution in [3.05, 3.63) is 23.8 Å². The number of thiazole rings is 1. The minimum Gasteiger partial charge on any atom is -0.361 e. The van der Waals surface area contributed by atoms with Gasteiger partial charge >= 0.3 is 6.18 Å². The van der Waals surface area contributed by atoms with Crippen LogP contribution < -0.4 is 5.32 Å². The second kappa shape index (κ2) is 7.08. The third kappa shape index (κ3) is 4.83. The molecule has 5 nitrogen and oxygen atoms in total. The van der Waals surface area contributed by atoms with Gasteiger partial charge in [-0.3, -0.25) is 0 Å². The molecule has 1 N–H and O–H groups in total. The van der Waals surface area contributed by atoms with Crippen LogP contribution in [0.5, 0.6) is 0 Å². The summed E-state index contributed by atoms with van der Waals surface area (Å²) >= 11 is 1.32. The van der Waals surface area contributed by atoms with E-state index >= 15 is 0 Å². The average Bonchev–Trinajstić information content (AvgIpc) is 2.94. The first-order chi connectivity index (χ1) is 11.7. The molecule has 2 aromatic rings. The highest BCUT2D eigenvalue weighted by molar-refractivity contribution is 7.91. The Morgan fingerprint density at radius 3 is 2.64 bits per heavy atom. The number of aromatic nitrogens is 1. The van der Waals surface area contributed by atoms with E-state index in [1.54, 1.807) is 0 Å². The monoisotopic (exact) mass is 393 g/mol. The van der Waals surface area contributed by atoms with Crippen LogP contribution in [-0.4, -0.2) is 56.0 Å². The zero-order valence-electron chi connectivity index (χ0n) is 13.3. The number of alkyl halides is 3. The maximum Gasteiger partial charge on any atom is 0.416 e. The molecule has 2 heterocycles. The minimum atomic E-state index is -4.37. The Labute approximate surface area is 147 Å². The SMILES string of the molecule is O=S1(=O)CCN(CCCNc2nc3cc(C(F)(F)F)ccc3s2)CC1. The van der Waals surface area contributed by atoms with Gasteiger partial charge in [-0.1, -0.05) is 11.3 Å². The van der Waals surface area contributed by atoms with Gasteiger partial charge in [-0.05, 0) is 31.2 Å². The lowest BCUT2D eigenvalue weighted by molar-refractivity contribution is -0.137. The van der Waals surface area contributed by atoms with E-state index in [1.165, 1.54) is 17.4 Å². The molecule has 25 heavy (non-hydrogen) atoms. The Hall–Kier alpha value is -1.39. The highest BCUT2D eigenvalue weighted by Crippen LogP contribution is 2.33. The number of benzene rings is 1. The molecule has 0 radical (unpaired) electrons. The molecule has 1 aliphatic heterocycles. The van der Waals surface area contributed by atoms with Crippen LogP contribution in [0.15, 0.2) is 18.2 Å². The van der Waals surface area contributed by atoms with E-state index in [0.717, 1.165) is 25.1 Å². The molecule has 0 unspecified atom stereocenters. The second-order valence-corrected chi connectivity index (χ2v) is 9.31. The van der Waals surface area contributed by atoms with E-state index < -0.39 is 21.6 Å². The van der Waals surface area contributed by atoms with Crippen molar-refractivity contribution in [3.8, 4) is 0 Å². The van der Waals surface area contributed by atoms with Crippen LogP contribution in [0.4, 0.5) is 18.3 Å². The predicted octanol–water partition coefficient (Wildman–Crippen LogP) is 2.85. The highest BCUT2D eigenvalue weighted by Gasteiger charge is 2.30. The lowest BCUT2D eigenvalue weighted by atomic mass is 10.2. The molecule has 1 saturated heterocycles. The quantitative estimate of drug-likeness (QED) is 0.792. The Morgan fingerprint density at radius 2 is 1.96 bits per heavy atom. The smallest absolute Gasteiger partial charge is 0.361 e. The van der Waals surface area contributed by atoms with Gasteiger partial charge in [-0.15, -0.1) is 0 Å². The van der Waals surface area contributed by atoms with Crippen molar-refractivity contribution in [1.29, 1.82) is 0 Å². The molecule has 0 atom stereocenters. The molecule has 0 bridgehead atoms. The molecule has 1 aromatic carbocycles. The largest absolute Gasteiger partial charge is 0.416 e. The molecule has 138 valence electrons. The van der Waals surface area contributed by atoms with Crippen molar-refractivity contribution >= 4 is 36.5 Å². The van der Waals surface area contributed by atoms with E-state index in [1.807, 2.05) is 0 Å². The number of hydrogen-bond acceptors (Lipinski definition) is 6. The number of rotatable bonds is 5. The Morgan fingerprint density at radius 1 is 1.24 bits per heavy atom. The Bertz CT molecular complexity index is 835. The summed E-state index contributed by atoms with van der Waals surface area (Å²) in [6.07, 6.45) is -3.56. The van der Waals surface area contributed by atoms with Crippen LogP contribution in [0.3, 0.4) is 0 Å². The Balaban J connectivity index is 1.50. The summed E-state index contributed by atoms with van der Waals surface area (Å²) < 4.78 is 61.6. The van der Waals surface area contributed by atoms with Crippen LogP contribution in [0.2, 0.25) is 0 Å². The van der Waals surface area contributed by atoms with E-state index in [4.69, 9.17) is 0 Å². The zero-order chi connectivity index (χ0) is 18.1. The molecule has 1 fully saturated rings. The molecule has 0 saturated carbocycles. The number of fused-ring (bicyclic) bond motifs is 1. The van der Waals surface area contributed by atoms with Gasteiger partial charge in [0.25, 0.3) is 0 Å². The van der Waals surface area contributed by atoms with Gasteiger partial charge in [0.15, 0.2) is 15.0 Å². The van der Waals surface area contributed by atoms with E-state index in [0.29, 0.717) is 35.0 Å². The van der Waals surface area contributed by atoms with Crippen LogP contribution in [0.1, 0.15) is 12.0 Å². The number of nitrogens with one attached hydrogen (secondary N) is 1. The van der Waals surface area contributed by atoms with Crippen LogP contribution in [0, 0.1) is 0 Å². The van der Waals surface area contributed by atoms with Crippen LogP contribution >= 0.6 is 11.3 Å². The topological polar surface area (TPSA) is 62.3 Å². The summed E-state index contributed by atoms with van der Waals surface area (Å²) in [6, 6.07) is 3.56. The fraction of sp³-hybridized carbons (Fsp3) is 0.533. The first-order valence-corrected chi connectivity index (χ1v) is 10.5. The second-order valence-electron chi connectivity index (χ2n) is 5.97. The first-order valence-electron chi connectivity index (χ1n) is 7.87. The van der Waals surface area contributed by atoms with Gasteiger partial charge in [0, 0.05) is 19.6 Å². The maximum atomic E-state index is 12.7. The minimum absolute atomic E-state index is 0.208. The lowest BCUT2D eigenvalue weighted by Crippen LogP contribution is -2.41. The van der Waals surface area contributed by atoms with Crippen molar-refractivity contribution < 1.29 is 21.6 Å². The molecule has 1 aromatic heterocycles. The first kappa shape index (κ1) is 18.4. The summed E-state index contributed by atoms with van der Waals surface area (Å²) in [4.78, 5) is 6.31. The van der Waals surface area contributed by atoms with E-state index in [-0.39, 0.29) is 11.5 Å². The number of nitrogens with zero attached hydrogens (tertiary/aromatic N) is 2. The predicted molar refractivity (Wildman–Crippen MR) is 92.8 cm³/mol. The third-order valence-corrected chi connectivity index (χ3v) is 6.68. The van der Waals surface area contributed by atoms with Crippen molar-refractivity contribution in [2.45, 2.75) is 12.6 Å². The van der Waals surface area contributed by atoms with Gasteiger partial charge in [0.05, 0.1) is 27.3 Å². The highest BCUT2D eigenvalue weighted by atomic mass is 32.2. The van der Waals surface area contributed by atoms with E-state index in [2.05, 4.69) is 15.2 Å². The fourth-order valence-electron chi connectivity index (χ4n) is 2.65. The normalized spacial score (nSPS) is 18.5. The van der Waals surface area contributed by atoms with Crippen molar-refractivity contribution in [2.75, 3.05) is 43.0 Å². The molecular formula is C15H18F3N3O2S2. The molecule has 0 spiro atoms. The summed E-state index contributed by atoms with van der Waals surface area (Å²) in [7, 11) is -2.86. The van der Waals surface area contributed by atoms with Gasteiger partial charge in [-0.2, -0.15) is 13.2 Å². The van der Waals surface area contributed by atoms with Gasteiger partial charge in [-0.25, -0.2) is 13.4 Å². The van der Waals surface area contributed by atoms with Crippen LogP contribution in [0.25, 0.3) is 10.2 Å². The molecular weight excluding hydrogens is 375 g/mol. The number of halogens is 3. The summed E-state index contributed by atoms with van der Waals surface area (Å²) in [5.74, 6) is 0.416. The van der Waals surface area contributed by atoms with Crippen LogP contribution in [-0.2, 0) is 16.0 Å². The lowest BCUT2D eigenvalue weighted by Gasteiger charge is -2.26. The number of hydrogen-bond donors (Lipinski definition) is 1. The summed E-state index contributed by atoms with van der Waals surface area (Å²) in [6.45, 7) is 2.54. The Kier molecular flexibility index (Phi) is 5.21. The van der Waals surface area contributed by atoms with E-state index in [9.17, 15) is 21.6 Å². The van der Waals surface area contributed by atoms with Gasteiger partial charge < -0.3 is 10.2 Å². The maximum absolute atomic E-state index is 12.7. The third-order valence-electron chi connectivity index (χ3n) is 4.08.